The van der Waals surface area contributed by atoms with E-state index >= 15 is 0 Å². The average Bonchev–Trinajstić information content (AvgIpc) is 2.96. The first kappa shape index (κ1) is 26.7. The molecule has 0 aliphatic heterocycles. The van der Waals surface area contributed by atoms with Gasteiger partial charge < -0.3 is 9.47 Å². The van der Waals surface area contributed by atoms with Crippen LogP contribution in [-0.4, -0.2) is 40.0 Å². The maximum absolute atomic E-state index is 5.83. The van der Waals surface area contributed by atoms with Gasteiger partial charge in [-0.25, -0.2) is 0 Å². The van der Waals surface area contributed by atoms with E-state index in [1.54, 1.807) is 7.11 Å². The molecule has 0 aliphatic rings. The van der Waals surface area contributed by atoms with Crippen LogP contribution >= 0.6 is 0 Å². The van der Waals surface area contributed by atoms with E-state index in [2.05, 4.69) is 135 Å². The number of methoxy groups -OCH3 is 1. The van der Waals surface area contributed by atoms with Crippen molar-refractivity contribution in [3.05, 3.63) is 132 Å². The SMILES string of the molecule is COCOC[C@H](C)C[Si](c1ccccc1)(c1ccccc1)C(C)N=C(c1ccccc1)c1ccccc1. The smallest absolute Gasteiger partial charge is 0.146 e. The number of benzene rings is 4. The lowest BCUT2D eigenvalue weighted by Crippen LogP contribution is -2.66. The van der Waals surface area contributed by atoms with Crippen molar-refractivity contribution in [3.63, 3.8) is 0 Å². The molecular weight excluding hydrogens is 470 g/mol. The van der Waals surface area contributed by atoms with Crippen LogP contribution in [0.1, 0.15) is 25.0 Å². The standard InChI is InChI=1S/C33H37NO2Si/c1-27(24-36-26-35-3)25-37(31-20-12-6-13-21-31,32-22-14-7-15-23-32)28(2)34-33(29-16-8-4-9-17-29)30-18-10-5-11-19-30/h4-23,27-28H,24-26H2,1-3H3/t27-,28?/m0/s1. The van der Waals surface area contributed by atoms with Crippen LogP contribution in [0.15, 0.2) is 126 Å². The van der Waals surface area contributed by atoms with Crippen LogP contribution in [0.2, 0.25) is 6.04 Å². The van der Waals surface area contributed by atoms with Crippen LogP contribution in [0.25, 0.3) is 0 Å². The van der Waals surface area contributed by atoms with Crippen molar-refractivity contribution in [1.82, 2.24) is 0 Å². The normalized spacial score (nSPS) is 13.1. The van der Waals surface area contributed by atoms with Gasteiger partial charge in [0.15, 0.2) is 0 Å². The molecule has 1 unspecified atom stereocenters. The van der Waals surface area contributed by atoms with Crippen LogP contribution in [0.3, 0.4) is 0 Å². The quantitative estimate of drug-likeness (QED) is 0.102. The van der Waals surface area contributed by atoms with Gasteiger partial charge in [0.1, 0.15) is 14.9 Å². The molecule has 0 heterocycles. The van der Waals surface area contributed by atoms with Gasteiger partial charge in [-0.3, -0.25) is 4.99 Å². The minimum atomic E-state index is -2.41. The van der Waals surface area contributed by atoms with Gasteiger partial charge in [0.05, 0.1) is 12.3 Å². The van der Waals surface area contributed by atoms with Gasteiger partial charge in [-0.05, 0) is 18.9 Å². The largest absolute Gasteiger partial charge is 0.359 e. The first-order valence-corrected chi connectivity index (χ1v) is 15.3. The molecule has 0 N–H and O–H groups in total. The summed E-state index contributed by atoms with van der Waals surface area (Å²) in [6.45, 7) is 5.58. The van der Waals surface area contributed by atoms with Crippen molar-refractivity contribution < 1.29 is 9.47 Å². The Hall–Kier alpha value is -3.31. The number of nitrogens with zero attached hydrogens (tertiary/aromatic N) is 1. The second-order valence-corrected chi connectivity index (χ2v) is 14.0. The third-order valence-corrected chi connectivity index (χ3v) is 12.6. The molecule has 0 spiro atoms. The summed E-state index contributed by atoms with van der Waals surface area (Å²) < 4.78 is 11.0. The highest BCUT2D eigenvalue weighted by Crippen LogP contribution is 2.26. The highest BCUT2D eigenvalue weighted by Gasteiger charge is 2.44. The highest BCUT2D eigenvalue weighted by atomic mass is 28.3. The molecule has 0 radical (unpaired) electrons. The summed E-state index contributed by atoms with van der Waals surface area (Å²) in [5, 5.41) is 2.80. The summed E-state index contributed by atoms with van der Waals surface area (Å²) in [5.41, 5.74) is 3.40. The fourth-order valence-corrected chi connectivity index (χ4v) is 10.5. The Kier molecular flexibility index (Phi) is 9.61. The van der Waals surface area contributed by atoms with Crippen molar-refractivity contribution in [2.75, 3.05) is 20.5 Å². The number of rotatable bonds is 12. The van der Waals surface area contributed by atoms with Gasteiger partial charge >= 0.3 is 0 Å². The van der Waals surface area contributed by atoms with Gasteiger partial charge in [0.2, 0.25) is 0 Å². The molecule has 0 aliphatic carbocycles. The van der Waals surface area contributed by atoms with Gasteiger partial charge in [-0.2, -0.15) is 0 Å². The van der Waals surface area contributed by atoms with E-state index in [0.29, 0.717) is 19.3 Å². The Morgan fingerprint density at radius 2 is 1.11 bits per heavy atom. The summed E-state index contributed by atoms with van der Waals surface area (Å²) in [7, 11) is -0.741. The van der Waals surface area contributed by atoms with Crippen LogP contribution < -0.4 is 10.4 Å². The van der Waals surface area contributed by atoms with Crippen LogP contribution in [0.5, 0.6) is 0 Å². The second kappa shape index (κ2) is 13.3. The minimum absolute atomic E-state index is 0.0811. The van der Waals surface area contributed by atoms with Gasteiger partial charge in [0.25, 0.3) is 0 Å². The Balaban J connectivity index is 1.89. The Morgan fingerprint density at radius 3 is 1.54 bits per heavy atom. The van der Waals surface area contributed by atoms with Crippen molar-refractivity contribution in [3.8, 4) is 0 Å². The lowest BCUT2D eigenvalue weighted by molar-refractivity contribution is -0.0397. The molecular formula is C33H37NO2Si. The number of hydrogen-bond donors (Lipinski definition) is 0. The Morgan fingerprint density at radius 1 is 0.676 bits per heavy atom. The van der Waals surface area contributed by atoms with Crippen LogP contribution in [-0.2, 0) is 9.47 Å². The molecule has 3 nitrogen and oxygen atoms in total. The predicted molar refractivity (Wildman–Crippen MR) is 158 cm³/mol. The zero-order chi connectivity index (χ0) is 25.9. The molecule has 4 rings (SSSR count). The molecule has 0 bridgehead atoms. The second-order valence-electron chi connectivity index (χ2n) is 9.68. The van der Waals surface area contributed by atoms with E-state index in [1.807, 2.05) is 0 Å². The molecule has 0 saturated heterocycles. The molecule has 190 valence electrons. The third kappa shape index (κ3) is 6.52. The van der Waals surface area contributed by atoms with Gasteiger partial charge in [-0.1, -0.05) is 139 Å². The maximum Gasteiger partial charge on any atom is 0.146 e. The summed E-state index contributed by atoms with van der Waals surface area (Å²) in [6, 6.07) is 44.2. The molecule has 0 aromatic heterocycles. The summed E-state index contributed by atoms with van der Waals surface area (Å²) in [4.78, 5) is 5.60. The van der Waals surface area contributed by atoms with E-state index in [-0.39, 0.29) is 5.67 Å². The number of ether oxygens (including phenoxy) is 2. The third-order valence-electron chi connectivity index (χ3n) is 6.98. The van der Waals surface area contributed by atoms with Crippen LogP contribution in [0.4, 0.5) is 0 Å². The van der Waals surface area contributed by atoms with Crippen molar-refractivity contribution in [2.24, 2.45) is 10.9 Å². The average molecular weight is 508 g/mol. The van der Waals surface area contributed by atoms with E-state index in [1.165, 1.54) is 10.4 Å². The Labute approximate surface area is 222 Å². The van der Waals surface area contributed by atoms with Crippen molar-refractivity contribution in [1.29, 1.82) is 0 Å². The van der Waals surface area contributed by atoms with E-state index < -0.39 is 8.07 Å². The summed E-state index contributed by atoms with van der Waals surface area (Å²) >= 11 is 0. The molecule has 0 amide bonds. The lowest BCUT2D eigenvalue weighted by atomic mass is 10.0. The van der Waals surface area contributed by atoms with Gasteiger partial charge in [0, 0.05) is 23.9 Å². The van der Waals surface area contributed by atoms with E-state index in [9.17, 15) is 0 Å². The fourth-order valence-electron chi connectivity index (χ4n) is 5.28. The molecule has 0 fully saturated rings. The summed E-state index contributed by atoms with van der Waals surface area (Å²) in [5.74, 6) is 0.344. The van der Waals surface area contributed by atoms with E-state index in [0.717, 1.165) is 22.9 Å². The fraction of sp³-hybridized carbons (Fsp3) is 0.242. The zero-order valence-electron chi connectivity index (χ0n) is 22.1. The first-order valence-electron chi connectivity index (χ1n) is 13.0. The maximum atomic E-state index is 5.83. The number of aliphatic imine (C=N–C) groups is 1. The summed E-state index contributed by atoms with van der Waals surface area (Å²) in [6.07, 6.45) is 0. The molecule has 37 heavy (non-hydrogen) atoms. The molecule has 4 aromatic rings. The number of hydrogen-bond acceptors (Lipinski definition) is 3. The van der Waals surface area contributed by atoms with Crippen molar-refractivity contribution in [2.45, 2.75) is 25.6 Å². The highest BCUT2D eigenvalue weighted by molar-refractivity contribution is 7.03. The topological polar surface area (TPSA) is 30.8 Å². The van der Waals surface area contributed by atoms with E-state index in [4.69, 9.17) is 14.5 Å². The molecule has 0 saturated carbocycles. The van der Waals surface area contributed by atoms with Crippen LogP contribution in [0, 0.1) is 5.92 Å². The monoisotopic (exact) mass is 507 g/mol. The van der Waals surface area contributed by atoms with Gasteiger partial charge in [-0.15, -0.1) is 0 Å². The lowest BCUT2D eigenvalue weighted by Gasteiger charge is -2.39. The molecule has 2 atom stereocenters. The molecule has 4 heteroatoms. The zero-order valence-corrected chi connectivity index (χ0v) is 23.1. The predicted octanol–water partition coefficient (Wildman–Crippen LogP) is 5.97. The molecule has 4 aromatic carbocycles. The first-order chi connectivity index (χ1) is 18.1. The minimum Gasteiger partial charge on any atom is -0.359 e. The van der Waals surface area contributed by atoms with Crippen molar-refractivity contribution >= 4 is 24.2 Å². The Bertz CT molecular complexity index is 1150.